The van der Waals surface area contributed by atoms with Crippen molar-refractivity contribution in [2.75, 3.05) is 20.6 Å². The lowest BCUT2D eigenvalue weighted by molar-refractivity contribution is -0.920. The fraction of sp³-hybridized carbons (Fsp3) is 0.778. The van der Waals surface area contributed by atoms with E-state index in [1.807, 2.05) is 0 Å². The number of rotatable bonds is 4. The molecule has 0 rings (SSSR count). The molecule has 4 nitrogen and oxygen atoms in total. The Morgan fingerprint density at radius 2 is 1.69 bits per heavy atom. The minimum Gasteiger partial charge on any atom is -0.477 e. The van der Waals surface area contributed by atoms with Gasteiger partial charge in [0.15, 0.2) is 11.3 Å². The topological polar surface area (TPSA) is 54.4 Å². The summed E-state index contributed by atoms with van der Waals surface area (Å²) in [7, 11) is 3.49. The molecule has 0 fully saturated rings. The van der Waals surface area contributed by atoms with Crippen LogP contribution in [0.3, 0.4) is 0 Å². The van der Waals surface area contributed by atoms with E-state index in [9.17, 15) is 9.59 Å². The highest BCUT2D eigenvalue weighted by molar-refractivity contribution is 5.79. The van der Waals surface area contributed by atoms with Crippen LogP contribution >= 0.6 is 0 Å². The predicted octanol–water partition coefficient (Wildman–Crippen LogP) is 0.515. The summed E-state index contributed by atoms with van der Waals surface area (Å²) < 4.78 is 0.164. The predicted molar refractivity (Wildman–Crippen MR) is 49.4 cm³/mol. The molecule has 0 bridgehead atoms. The first-order valence-electron chi connectivity index (χ1n) is 4.17. The van der Waals surface area contributed by atoms with Crippen molar-refractivity contribution in [3.63, 3.8) is 0 Å². The Kier molecular flexibility index (Phi) is 3.22. The van der Waals surface area contributed by atoms with Gasteiger partial charge in [-0.2, -0.15) is 0 Å². The van der Waals surface area contributed by atoms with Crippen molar-refractivity contribution in [1.29, 1.82) is 0 Å². The van der Waals surface area contributed by atoms with Crippen LogP contribution in [0, 0.1) is 0 Å². The Morgan fingerprint density at radius 3 is 1.92 bits per heavy atom. The third kappa shape index (κ3) is 2.52. The van der Waals surface area contributed by atoms with Crippen LogP contribution in [0.1, 0.15) is 20.8 Å². The zero-order valence-electron chi connectivity index (χ0n) is 8.92. The summed E-state index contributed by atoms with van der Waals surface area (Å²) in [6.45, 7) is 4.95. The number of likely N-dealkylation sites (N-methyl/N-ethyl adjacent to an activating group) is 1. The molecule has 0 saturated heterocycles. The summed E-state index contributed by atoms with van der Waals surface area (Å²) in [6.07, 6.45) is 0. The SMILES string of the molecule is CC(=O)C[N+](C)(C)C(C)(C)C(=O)O. The Balaban J connectivity index is 4.80. The molecule has 0 aliphatic heterocycles. The fourth-order valence-corrected chi connectivity index (χ4v) is 1.01. The second-order valence-electron chi connectivity index (χ2n) is 4.41. The van der Waals surface area contributed by atoms with Crippen LogP contribution < -0.4 is 0 Å². The fourth-order valence-electron chi connectivity index (χ4n) is 1.01. The minimum absolute atomic E-state index is 0.000625. The molecule has 4 heteroatoms. The first kappa shape index (κ1) is 12.1. The zero-order valence-corrected chi connectivity index (χ0v) is 8.92. The molecule has 76 valence electrons. The van der Waals surface area contributed by atoms with Crippen molar-refractivity contribution in [2.45, 2.75) is 26.3 Å². The molecule has 0 aliphatic carbocycles. The van der Waals surface area contributed by atoms with E-state index in [2.05, 4.69) is 0 Å². The van der Waals surface area contributed by atoms with Crippen LogP contribution in [0.15, 0.2) is 0 Å². The Labute approximate surface area is 78.7 Å². The number of carbonyl (C=O) groups excluding carboxylic acids is 1. The number of nitrogens with zero attached hydrogens (tertiary/aromatic N) is 1. The molecular weight excluding hydrogens is 170 g/mol. The third-order valence-corrected chi connectivity index (χ3v) is 2.65. The maximum atomic E-state index is 10.9. The van der Waals surface area contributed by atoms with Gasteiger partial charge < -0.3 is 9.59 Å². The maximum absolute atomic E-state index is 10.9. The number of quaternary nitrogens is 1. The summed E-state index contributed by atoms with van der Waals surface area (Å²) in [5.74, 6) is -0.891. The van der Waals surface area contributed by atoms with Crippen LogP contribution in [-0.2, 0) is 9.59 Å². The van der Waals surface area contributed by atoms with Crippen LogP contribution in [0.5, 0.6) is 0 Å². The highest BCUT2D eigenvalue weighted by Crippen LogP contribution is 2.19. The van der Waals surface area contributed by atoms with Crippen LogP contribution in [-0.4, -0.2) is 47.5 Å². The molecule has 0 atom stereocenters. The number of ketones is 1. The highest BCUT2D eigenvalue weighted by Gasteiger charge is 2.44. The number of hydrogen-bond donors (Lipinski definition) is 1. The lowest BCUT2D eigenvalue weighted by atomic mass is 10.0. The summed E-state index contributed by atoms with van der Waals surface area (Å²) in [4.78, 5) is 21.8. The molecule has 0 aromatic heterocycles. The van der Waals surface area contributed by atoms with E-state index in [4.69, 9.17) is 5.11 Å². The van der Waals surface area contributed by atoms with E-state index in [0.29, 0.717) is 0 Å². The molecular formula is C9H18NO3+. The summed E-state index contributed by atoms with van der Waals surface area (Å²) >= 11 is 0. The average Bonchev–Trinajstić information content (AvgIpc) is 1.83. The number of aliphatic carboxylic acids is 1. The molecule has 0 radical (unpaired) electrons. The lowest BCUT2D eigenvalue weighted by Crippen LogP contribution is -2.62. The van der Waals surface area contributed by atoms with Gasteiger partial charge in [-0.25, -0.2) is 4.79 Å². The third-order valence-electron chi connectivity index (χ3n) is 2.65. The van der Waals surface area contributed by atoms with E-state index in [0.717, 1.165) is 0 Å². The van der Waals surface area contributed by atoms with Gasteiger partial charge >= 0.3 is 5.97 Å². The lowest BCUT2D eigenvalue weighted by Gasteiger charge is -2.40. The smallest absolute Gasteiger partial charge is 0.365 e. The van der Waals surface area contributed by atoms with Crippen molar-refractivity contribution in [3.05, 3.63) is 0 Å². The zero-order chi connectivity index (χ0) is 10.9. The van der Waals surface area contributed by atoms with E-state index in [1.165, 1.54) is 6.92 Å². The first-order valence-corrected chi connectivity index (χ1v) is 4.17. The standard InChI is InChI=1S/C9H17NO3/c1-7(11)6-10(4,5)9(2,3)8(12)13/h6H2,1-5H3/p+1. The number of carbonyl (C=O) groups is 2. The summed E-state index contributed by atoms with van der Waals surface area (Å²) in [5, 5.41) is 8.96. The molecule has 0 amide bonds. The summed E-state index contributed by atoms with van der Waals surface area (Å²) in [5.41, 5.74) is -0.939. The van der Waals surface area contributed by atoms with E-state index < -0.39 is 11.5 Å². The van der Waals surface area contributed by atoms with Crippen LogP contribution in [0.4, 0.5) is 0 Å². The van der Waals surface area contributed by atoms with Crippen LogP contribution in [0.25, 0.3) is 0 Å². The second-order valence-corrected chi connectivity index (χ2v) is 4.41. The van der Waals surface area contributed by atoms with Crippen molar-refractivity contribution in [3.8, 4) is 0 Å². The molecule has 0 saturated carbocycles. The Bertz CT molecular complexity index is 231. The molecule has 0 heterocycles. The monoisotopic (exact) mass is 188 g/mol. The van der Waals surface area contributed by atoms with Gasteiger partial charge in [0, 0.05) is 20.8 Å². The van der Waals surface area contributed by atoms with Gasteiger partial charge in [-0.3, -0.25) is 4.79 Å². The number of carboxylic acid groups (broad SMARTS) is 1. The normalized spacial score (nSPS) is 12.7. The number of carboxylic acids is 1. The molecule has 0 unspecified atom stereocenters. The van der Waals surface area contributed by atoms with Gasteiger partial charge in [-0.05, 0) is 0 Å². The van der Waals surface area contributed by atoms with Crippen molar-refractivity contribution >= 4 is 11.8 Å². The molecule has 0 spiro atoms. The Hall–Kier alpha value is -0.900. The van der Waals surface area contributed by atoms with Crippen molar-refractivity contribution < 1.29 is 19.2 Å². The van der Waals surface area contributed by atoms with Gasteiger partial charge in [0.05, 0.1) is 14.1 Å². The van der Waals surface area contributed by atoms with Gasteiger partial charge in [0.2, 0.25) is 0 Å². The van der Waals surface area contributed by atoms with E-state index in [-0.39, 0.29) is 16.8 Å². The average molecular weight is 188 g/mol. The largest absolute Gasteiger partial charge is 0.477 e. The highest BCUT2D eigenvalue weighted by atomic mass is 16.4. The first-order chi connectivity index (χ1) is 5.61. The van der Waals surface area contributed by atoms with E-state index in [1.54, 1.807) is 27.9 Å². The van der Waals surface area contributed by atoms with Crippen molar-refractivity contribution in [1.82, 2.24) is 0 Å². The van der Waals surface area contributed by atoms with Crippen LogP contribution in [0.2, 0.25) is 0 Å². The summed E-state index contributed by atoms with van der Waals surface area (Å²) in [6, 6.07) is 0. The second kappa shape index (κ2) is 3.46. The molecule has 0 aliphatic rings. The number of hydrogen-bond acceptors (Lipinski definition) is 2. The molecule has 13 heavy (non-hydrogen) atoms. The van der Waals surface area contributed by atoms with Crippen molar-refractivity contribution in [2.24, 2.45) is 0 Å². The van der Waals surface area contributed by atoms with Gasteiger partial charge in [0.25, 0.3) is 0 Å². The minimum atomic E-state index is -0.939. The van der Waals surface area contributed by atoms with Gasteiger partial charge in [0.1, 0.15) is 6.54 Å². The quantitative estimate of drug-likeness (QED) is 0.654. The Morgan fingerprint density at radius 1 is 1.31 bits per heavy atom. The molecule has 0 aromatic carbocycles. The number of Topliss-reactive ketones (excluding diaryl/α,β-unsaturated/α-hetero) is 1. The van der Waals surface area contributed by atoms with Gasteiger partial charge in [-0.15, -0.1) is 0 Å². The molecule has 1 N–H and O–H groups in total. The van der Waals surface area contributed by atoms with E-state index >= 15 is 0 Å². The molecule has 0 aromatic rings. The van der Waals surface area contributed by atoms with Gasteiger partial charge in [-0.1, -0.05) is 0 Å². The maximum Gasteiger partial charge on any atom is 0.365 e.